The molecule has 0 spiro atoms. The van der Waals surface area contributed by atoms with Crippen LogP contribution in [0.15, 0.2) is 84.9 Å². The van der Waals surface area contributed by atoms with Crippen molar-refractivity contribution in [3.05, 3.63) is 102 Å². The fraction of sp³-hybridized carbons (Fsp3) is 0.333. The number of likely N-dealkylation sites (tertiary alicyclic amines) is 1. The Morgan fingerprint density at radius 2 is 1.33 bits per heavy atom. The van der Waals surface area contributed by atoms with Crippen molar-refractivity contribution in [2.24, 2.45) is 5.92 Å². The maximum Gasteiger partial charge on any atom is 0.120 e. The van der Waals surface area contributed by atoms with E-state index < -0.39 is 0 Å². The lowest BCUT2D eigenvalue weighted by Gasteiger charge is -2.41. The number of rotatable bonds is 7. The van der Waals surface area contributed by atoms with E-state index >= 15 is 0 Å². The van der Waals surface area contributed by atoms with E-state index in [0.717, 1.165) is 36.3 Å². The Labute approximate surface area is 180 Å². The number of quaternary nitrogens is 1. The summed E-state index contributed by atoms with van der Waals surface area (Å²) in [7, 11) is 1.69. The quantitative estimate of drug-likeness (QED) is 0.574. The van der Waals surface area contributed by atoms with Gasteiger partial charge in [0.25, 0.3) is 0 Å². The molecular formula is C27H32NO2+. The summed E-state index contributed by atoms with van der Waals surface area (Å²) in [5, 5.41) is 11.3. The normalized spacial score (nSPS) is 22.7. The molecule has 30 heavy (non-hydrogen) atoms. The highest BCUT2D eigenvalue weighted by atomic mass is 16.5. The second-order valence-corrected chi connectivity index (χ2v) is 8.78. The van der Waals surface area contributed by atoms with Gasteiger partial charge in [0.15, 0.2) is 0 Å². The van der Waals surface area contributed by atoms with E-state index in [4.69, 9.17) is 4.74 Å². The molecule has 0 saturated carbocycles. The molecule has 0 aliphatic carbocycles. The van der Waals surface area contributed by atoms with Crippen LogP contribution in [0.3, 0.4) is 0 Å². The van der Waals surface area contributed by atoms with Gasteiger partial charge in [-0.15, -0.1) is 0 Å². The third-order valence-corrected chi connectivity index (χ3v) is 6.62. The van der Waals surface area contributed by atoms with Crippen LogP contribution in [-0.4, -0.2) is 35.4 Å². The first kappa shape index (κ1) is 20.6. The Kier molecular flexibility index (Phi) is 6.21. The van der Waals surface area contributed by atoms with Crippen molar-refractivity contribution in [3.63, 3.8) is 0 Å². The van der Waals surface area contributed by atoms with Crippen molar-refractivity contribution in [3.8, 4) is 5.75 Å². The van der Waals surface area contributed by atoms with Crippen molar-refractivity contribution in [2.45, 2.75) is 38.6 Å². The van der Waals surface area contributed by atoms with Gasteiger partial charge in [0.05, 0.1) is 13.7 Å². The number of methoxy groups -OCH3 is 1. The summed E-state index contributed by atoms with van der Waals surface area (Å²) in [6.45, 7) is 5.03. The van der Waals surface area contributed by atoms with E-state index in [-0.39, 0.29) is 18.1 Å². The molecular weight excluding hydrogens is 370 g/mol. The molecule has 156 valence electrons. The number of benzene rings is 3. The van der Waals surface area contributed by atoms with Gasteiger partial charge in [-0.25, -0.2) is 0 Å². The van der Waals surface area contributed by atoms with Crippen LogP contribution < -0.4 is 4.74 Å². The number of nitrogens with zero attached hydrogens (tertiary/aromatic N) is 1. The summed E-state index contributed by atoms with van der Waals surface area (Å²) in [5.74, 6) is 1.13. The molecule has 0 radical (unpaired) electrons. The molecule has 3 heteroatoms. The summed E-state index contributed by atoms with van der Waals surface area (Å²) >= 11 is 0. The van der Waals surface area contributed by atoms with Crippen LogP contribution in [0.5, 0.6) is 5.75 Å². The van der Waals surface area contributed by atoms with Crippen LogP contribution in [0.2, 0.25) is 0 Å². The third kappa shape index (κ3) is 4.43. The van der Waals surface area contributed by atoms with Crippen LogP contribution in [0, 0.1) is 5.92 Å². The lowest BCUT2D eigenvalue weighted by Crippen LogP contribution is -2.53. The Bertz CT molecular complexity index is 883. The summed E-state index contributed by atoms with van der Waals surface area (Å²) in [6, 6.07) is 29.9. The lowest BCUT2D eigenvalue weighted by atomic mass is 9.96. The molecule has 1 heterocycles. The highest BCUT2D eigenvalue weighted by Crippen LogP contribution is 2.38. The molecule has 3 aromatic carbocycles. The number of hydrogen-bond acceptors (Lipinski definition) is 2. The highest BCUT2D eigenvalue weighted by Gasteiger charge is 2.51. The number of aliphatic hydroxyl groups is 1. The highest BCUT2D eigenvalue weighted by molar-refractivity contribution is 5.28. The first-order valence-electron chi connectivity index (χ1n) is 10.8. The van der Waals surface area contributed by atoms with Crippen LogP contribution >= 0.6 is 0 Å². The molecule has 0 aromatic heterocycles. The van der Waals surface area contributed by atoms with E-state index in [1.165, 1.54) is 16.7 Å². The molecule has 1 aliphatic heterocycles. The van der Waals surface area contributed by atoms with Crippen LogP contribution in [0.4, 0.5) is 0 Å². The van der Waals surface area contributed by atoms with Crippen molar-refractivity contribution < 1.29 is 14.3 Å². The average molecular weight is 403 g/mol. The molecule has 3 nitrogen and oxygen atoms in total. The fourth-order valence-corrected chi connectivity index (χ4v) is 5.15. The maximum absolute atomic E-state index is 11.3. The van der Waals surface area contributed by atoms with E-state index in [0.29, 0.717) is 0 Å². The van der Waals surface area contributed by atoms with E-state index in [1.807, 2.05) is 12.1 Å². The number of hydrogen-bond donors (Lipinski definition) is 1. The minimum Gasteiger partial charge on any atom is -0.497 e. The molecule has 1 fully saturated rings. The topological polar surface area (TPSA) is 29.5 Å². The van der Waals surface area contributed by atoms with Crippen molar-refractivity contribution in [1.29, 1.82) is 0 Å². The van der Waals surface area contributed by atoms with Gasteiger partial charge in [-0.3, -0.25) is 0 Å². The lowest BCUT2D eigenvalue weighted by molar-refractivity contribution is -0.966. The van der Waals surface area contributed by atoms with Crippen molar-refractivity contribution >= 4 is 0 Å². The Morgan fingerprint density at radius 3 is 1.83 bits per heavy atom. The standard InChI is InChI=1S/C27H32NO2/c1-21-18-28(19-23-9-5-3-6-10-23,20-24-11-7-4-8-12-24)26(27(21)29)17-22-13-15-25(30-2)16-14-22/h3-16,21,26-27,29H,17-20H2,1-2H3/q+1/t21-,26+,27+/m0/s1. The molecule has 3 atom stereocenters. The zero-order valence-electron chi connectivity index (χ0n) is 17.9. The van der Waals surface area contributed by atoms with E-state index in [1.54, 1.807) is 7.11 Å². The van der Waals surface area contributed by atoms with Gasteiger partial charge < -0.3 is 14.3 Å². The van der Waals surface area contributed by atoms with Gasteiger partial charge in [-0.1, -0.05) is 79.7 Å². The minimum atomic E-state index is -0.320. The second kappa shape index (κ2) is 9.03. The fourth-order valence-electron chi connectivity index (χ4n) is 5.15. The Hall–Kier alpha value is -2.62. The van der Waals surface area contributed by atoms with Crippen LogP contribution in [0.25, 0.3) is 0 Å². The van der Waals surface area contributed by atoms with Gasteiger partial charge in [-0.2, -0.15) is 0 Å². The molecule has 0 unspecified atom stereocenters. The number of ether oxygens (including phenoxy) is 1. The van der Waals surface area contributed by atoms with Crippen molar-refractivity contribution in [1.82, 2.24) is 0 Å². The Morgan fingerprint density at radius 1 is 0.800 bits per heavy atom. The first-order valence-corrected chi connectivity index (χ1v) is 10.8. The molecule has 3 aromatic rings. The molecule has 1 saturated heterocycles. The number of aliphatic hydroxyl groups excluding tert-OH is 1. The smallest absolute Gasteiger partial charge is 0.120 e. The zero-order valence-corrected chi connectivity index (χ0v) is 17.9. The zero-order chi connectivity index (χ0) is 21.0. The summed E-state index contributed by atoms with van der Waals surface area (Å²) in [4.78, 5) is 0. The molecule has 1 aliphatic rings. The largest absolute Gasteiger partial charge is 0.497 e. The maximum atomic E-state index is 11.3. The Balaban J connectivity index is 1.70. The molecule has 4 rings (SSSR count). The van der Waals surface area contributed by atoms with Gasteiger partial charge in [0.1, 0.15) is 31.0 Å². The average Bonchev–Trinajstić information content (AvgIpc) is 2.99. The van der Waals surface area contributed by atoms with Gasteiger partial charge >= 0.3 is 0 Å². The second-order valence-electron chi connectivity index (χ2n) is 8.78. The summed E-state index contributed by atoms with van der Waals surface area (Å²) < 4.78 is 6.20. The van der Waals surface area contributed by atoms with E-state index in [2.05, 4.69) is 79.7 Å². The third-order valence-electron chi connectivity index (χ3n) is 6.62. The first-order chi connectivity index (χ1) is 14.6. The van der Waals surface area contributed by atoms with Crippen molar-refractivity contribution in [2.75, 3.05) is 13.7 Å². The van der Waals surface area contributed by atoms with E-state index in [9.17, 15) is 5.11 Å². The monoisotopic (exact) mass is 402 g/mol. The summed E-state index contributed by atoms with van der Waals surface area (Å²) in [5.41, 5.74) is 3.90. The van der Waals surface area contributed by atoms with Gasteiger partial charge in [0.2, 0.25) is 0 Å². The minimum absolute atomic E-state index is 0.147. The SMILES string of the molecule is COc1ccc(C[C@@H]2[C@H](O)[C@@H](C)C[N+]2(Cc2ccccc2)Cc2ccccc2)cc1. The van der Waals surface area contributed by atoms with Gasteiger partial charge in [-0.05, 0) is 17.7 Å². The molecule has 0 bridgehead atoms. The van der Waals surface area contributed by atoms with Crippen LogP contribution in [0.1, 0.15) is 23.6 Å². The molecule has 1 N–H and O–H groups in total. The molecule has 0 amide bonds. The van der Waals surface area contributed by atoms with Gasteiger partial charge in [0, 0.05) is 23.5 Å². The predicted molar refractivity (Wildman–Crippen MR) is 121 cm³/mol. The summed E-state index contributed by atoms with van der Waals surface area (Å²) in [6.07, 6.45) is 0.536. The van der Waals surface area contributed by atoms with Crippen LogP contribution in [-0.2, 0) is 19.5 Å². The predicted octanol–water partition coefficient (Wildman–Crippen LogP) is 4.83.